The number of pyridine rings is 1. The van der Waals surface area contributed by atoms with Crippen LogP contribution in [0.25, 0.3) is 0 Å². The summed E-state index contributed by atoms with van der Waals surface area (Å²) in [6, 6.07) is 6.05. The van der Waals surface area contributed by atoms with Crippen molar-refractivity contribution in [2.75, 3.05) is 26.2 Å². The number of rotatable bonds is 3. The summed E-state index contributed by atoms with van der Waals surface area (Å²) in [6.45, 7) is 4.97. The summed E-state index contributed by atoms with van der Waals surface area (Å²) in [6.07, 6.45) is 9.16. The summed E-state index contributed by atoms with van der Waals surface area (Å²) in [5.41, 5.74) is 0.634. The van der Waals surface area contributed by atoms with Gasteiger partial charge in [-0.1, -0.05) is 6.07 Å². The predicted octanol–water partition coefficient (Wildman–Crippen LogP) is 1.79. The Balaban J connectivity index is 1.32. The molecule has 0 unspecified atom stereocenters. The number of fused-ring (bicyclic) bond motifs is 2. The van der Waals surface area contributed by atoms with E-state index >= 15 is 0 Å². The molecule has 5 heterocycles. The first-order chi connectivity index (χ1) is 13.7. The van der Waals surface area contributed by atoms with Crippen LogP contribution in [0.5, 0.6) is 0 Å². The van der Waals surface area contributed by atoms with Crippen molar-refractivity contribution in [3.63, 3.8) is 0 Å². The number of piperidine rings is 1. The van der Waals surface area contributed by atoms with Crippen molar-refractivity contribution >= 4 is 5.91 Å². The van der Waals surface area contributed by atoms with Gasteiger partial charge < -0.3 is 14.2 Å². The lowest BCUT2D eigenvalue weighted by atomic mass is 9.88. The number of imidazole rings is 1. The maximum Gasteiger partial charge on any atom is 0.253 e. The maximum atomic E-state index is 13.0. The van der Waals surface area contributed by atoms with Gasteiger partial charge in [0, 0.05) is 51.3 Å². The second-order valence-electron chi connectivity index (χ2n) is 8.13. The monoisotopic (exact) mass is 381 g/mol. The molecule has 2 aromatic rings. The number of aromatic nitrogens is 3. The molecule has 7 heteroatoms. The first kappa shape index (κ1) is 17.8. The van der Waals surface area contributed by atoms with E-state index in [0.29, 0.717) is 6.54 Å². The Labute approximate surface area is 165 Å². The topological polar surface area (TPSA) is 63.5 Å². The van der Waals surface area contributed by atoms with Crippen LogP contribution in [0.15, 0.2) is 36.8 Å². The van der Waals surface area contributed by atoms with E-state index in [1.807, 2.05) is 35.6 Å². The smallest absolute Gasteiger partial charge is 0.253 e. The number of ether oxygens (including phenoxy) is 1. The zero-order chi connectivity index (χ0) is 19.0. The Morgan fingerprint density at radius 2 is 1.93 bits per heavy atom. The number of amides is 1. The predicted molar refractivity (Wildman–Crippen MR) is 103 cm³/mol. The van der Waals surface area contributed by atoms with E-state index in [4.69, 9.17) is 4.74 Å². The molecule has 1 atom stereocenters. The van der Waals surface area contributed by atoms with Gasteiger partial charge in [-0.25, -0.2) is 4.98 Å². The van der Waals surface area contributed by atoms with Gasteiger partial charge >= 0.3 is 0 Å². The van der Waals surface area contributed by atoms with E-state index in [-0.39, 0.29) is 5.91 Å². The van der Waals surface area contributed by atoms with E-state index in [0.717, 1.165) is 69.9 Å². The molecule has 2 fully saturated rings. The van der Waals surface area contributed by atoms with Crippen LogP contribution >= 0.6 is 0 Å². The van der Waals surface area contributed by atoms with Crippen LogP contribution in [0.3, 0.4) is 0 Å². The van der Waals surface area contributed by atoms with E-state index in [9.17, 15) is 4.79 Å². The molecule has 0 bridgehead atoms. The van der Waals surface area contributed by atoms with E-state index in [1.54, 1.807) is 0 Å². The lowest BCUT2D eigenvalue weighted by molar-refractivity contribution is -0.180. The molecule has 0 aromatic carbocycles. The summed E-state index contributed by atoms with van der Waals surface area (Å²) in [7, 11) is 0. The Hall–Kier alpha value is -2.25. The summed E-state index contributed by atoms with van der Waals surface area (Å²) in [5.74, 6) is 1.13. The molecule has 1 amide bonds. The number of hydrogen-bond acceptors (Lipinski definition) is 5. The highest BCUT2D eigenvalue weighted by Gasteiger charge is 2.47. The van der Waals surface area contributed by atoms with Gasteiger partial charge in [-0.05, 0) is 37.8 Å². The maximum absolute atomic E-state index is 13.0. The van der Waals surface area contributed by atoms with Crippen LogP contribution in [0.1, 0.15) is 37.2 Å². The molecule has 2 saturated heterocycles. The normalized spacial score (nSPS) is 24.4. The van der Waals surface area contributed by atoms with Crippen LogP contribution in [-0.2, 0) is 28.2 Å². The first-order valence-electron chi connectivity index (χ1n) is 10.3. The summed E-state index contributed by atoms with van der Waals surface area (Å²) >= 11 is 0. The average Bonchev–Trinajstić information content (AvgIpc) is 3.42. The zero-order valence-electron chi connectivity index (χ0n) is 16.2. The fourth-order valence-electron chi connectivity index (χ4n) is 4.80. The van der Waals surface area contributed by atoms with Gasteiger partial charge in [0.15, 0.2) is 6.10 Å². The fourth-order valence-corrected chi connectivity index (χ4v) is 4.80. The van der Waals surface area contributed by atoms with E-state index in [2.05, 4.69) is 25.5 Å². The van der Waals surface area contributed by atoms with Crippen molar-refractivity contribution in [1.82, 2.24) is 24.3 Å². The van der Waals surface area contributed by atoms with Crippen molar-refractivity contribution in [3.05, 3.63) is 48.3 Å². The SMILES string of the molecule is O=C([C@@H]1Cn2ccnc2C2(CCN(Cc3ccccn3)CC2)O1)N1CCCC1. The van der Waals surface area contributed by atoms with Crippen LogP contribution in [0, 0.1) is 0 Å². The van der Waals surface area contributed by atoms with Crippen molar-refractivity contribution in [2.24, 2.45) is 0 Å². The molecule has 0 radical (unpaired) electrons. The minimum Gasteiger partial charge on any atom is -0.352 e. The highest BCUT2D eigenvalue weighted by molar-refractivity contribution is 5.81. The summed E-state index contributed by atoms with van der Waals surface area (Å²) in [5, 5.41) is 0. The minimum absolute atomic E-state index is 0.146. The zero-order valence-corrected chi connectivity index (χ0v) is 16.2. The van der Waals surface area contributed by atoms with Crippen molar-refractivity contribution < 1.29 is 9.53 Å². The standard InChI is InChI=1S/C21H27N5O2/c27-19(25-10-3-4-11-25)18-16-26-14-9-23-20(26)21(28-18)6-12-24(13-7-21)15-17-5-1-2-8-22-17/h1-2,5,8-9,14,18H,3-4,6-7,10-13,15-16H2/t18-/m0/s1. The number of hydrogen-bond donors (Lipinski definition) is 0. The average molecular weight is 381 g/mol. The Morgan fingerprint density at radius 3 is 2.68 bits per heavy atom. The van der Waals surface area contributed by atoms with Gasteiger partial charge in [-0.3, -0.25) is 14.7 Å². The number of carbonyl (C=O) groups is 1. The molecule has 148 valence electrons. The third kappa shape index (κ3) is 3.22. The van der Waals surface area contributed by atoms with Gasteiger partial charge in [0.2, 0.25) is 0 Å². The van der Waals surface area contributed by atoms with Gasteiger partial charge in [0.25, 0.3) is 5.91 Å². The van der Waals surface area contributed by atoms with Gasteiger partial charge in [-0.15, -0.1) is 0 Å². The lowest BCUT2D eigenvalue weighted by Crippen LogP contribution is -2.54. The summed E-state index contributed by atoms with van der Waals surface area (Å²) < 4.78 is 8.69. The van der Waals surface area contributed by atoms with Crippen LogP contribution in [0.4, 0.5) is 0 Å². The quantitative estimate of drug-likeness (QED) is 0.811. The molecule has 2 aromatic heterocycles. The number of carbonyl (C=O) groups excluding carboxylic acids is 1. The molecular formula is C21H27N5O2. The van der Waals surface area contributed by atoms with Crippen LogP contribution in [-0.4, -0.2) is 62.5 Å². The highest BCUT2D eigenvalue weighted by Crippen LogP contribution is 2.40. The minimum atomic E-state index is -0.456. The Bertz CT molecular complexity index is 822. The molecule has 3 aliphatic heterocycles. The van der Waals surface area contributed by atoms with Gasteiger partial charge in [0.05, 0.1) is 12.2 Å². The van der Waals surface area contributed by atoms with Crippen LogP contribution < -0.4 is 0 Å². The summed E-state index contributed by atoms with van der Waals surface area (Å²) in [4.78, 5) is 26.5. The van der Waals surface area contributed by atoms with Crippen molar-refractivity contribution in [1.29, 1.82) is 0 Å². The third-order valence-electron chi connectivity index (χ3n) is 6.32. The molecule has 7 nitrogen and oxygen atoms in total. The second kappa shape index (κ2) is 7.29. The molecule has 0 saturated carbocycles. The van der Waals surface area contributed by atoms with Crippen molar-refractivity contribution in [2.45, 2.75) is 50.5 Å². The van der Waals surface area contributed by atoms with Crippen LogP contribution in [0.2, 0.25) is 0 Å². The fraction of sp³-hybridized carbons (Fsp3) is 0.571. The van der Waals surface area contributed by atoms with E-state index in [1.165, 1.54) is 0 Å². The third-order valence-corrected chi connectivity index (χ3v) is 6.32. The number of likely N-dealkylation sites (tertiary alicyclic amines) is 2. The largest absolute Gasteiger partial charge is 0.352 e. The number of nitrogens with zero attached hydrogens (tertiary/aromatic N) is 5. The van der Waals surface area contributed by atoms with Gasteiger partial charge in [0.1, 0.15) is 11.4 Å². The molecular weight excluding hydrogens is 354 g/mol. The lowest BCUT2D eigenvalue weighted by Gasteiger charge is -2.46. The molecule has 3 aliphatic rings. The molecule has 28 heavy (non-hydrogen) atoms. The molecule has 0 N–H and O–H groups in total. The van der Waals surface area contributed by atoms with Gasteiger partial charge in [-0.2, -0.15) is 0 Å². The van der Waals surface area contributed by atoms with Crippen molar-refractivity contribution in [3.8, 4) is 0 Å². The molecule has 5 rings (SSSR count). The second-order valence-corrected chi connectivity index (χ2v) is 8.13. The highest BCUT2D eigenvalue weighted by atomic mass is 16.5. The first-order valence-corrected chi connectivity index (χ1v) is 10.3. The Morgan fingerprint density at radius 1 is 1.11 bits per heavy atom. The Kier molecular flexibility index (Phi) is 4.64. The molecule has 0 aliphatic carbocycles. The molecule has 1 spiro atoms. The van der Waals surface area contributed by atoms with E-state index < -0.39 is 11.7 Å².